The van der Waals surface area contributed by atoms with E-state index in [1.807, 2.05) is 0 Å². The van der Waals surface area contributed by atoms with Crippen molar-refractivity contribution in [1.29, 1.82) is 0 Å². The molecule has 0 rings (SSSR count). The maximum absolute atomic E-state index is 3.35. The Morgan fingerprint density at radius 1 is 0.714 bits per heavy atom. The van der Waals surface area contributed by atoms with Crippen LogP contribution in [0.5, 0.6) is 0 Å². The molecule has 0 spiro atoms. The second kappa shape index (κ2) is 6.82. The zero-order valence-corrected chi connectivity index (χ0v) is 12.9. The van der Waals surface area contributed by atoms with Crippen molar-refractivity contribution in [1.82, 2.24) is 0 Å². The van der Waals surface area contributed by atoms with Crippen LogP contribution in [-0.2, 0) is 10.7 Å². The van der Waals surface area contributed by atoms with Crippen LogP contribution >= 0.6 is 49.2 Å². The Labute approximate surface area is 69.4 Å². The van der Waals surface area contributed by atoms with E-state index in [4.69, 9.17) is 0 Å². The van der Waals surface area contributed by atoms with Crippen LogP contribution in [0.25, 0.3) is 0 Å². The van der Waals surface area contributed by atoms with Gasteiger partial charge in [0.1, 0.15) is 0 Å². The van der Waals surface area contributed by atoms with Crippen LogP contribution in [-0.4, -0.2) is 11.0 Å². The van der Waals surface area contributed by atoms with Gasteiger partial charge in [0.15, 0.2) is 0 Å². The predicted octanol–water partition coefficient (Wildman–Crippen LogP) is 1.73. The first-order valence-electron chi connectivity index (χ1n) is 0.756. The molecular weight excluding hydrogens is 530 g/mol. The van der Waals surface area contributed by atoms with Crippen LogP contribution in [0.4, 0.5) is 0 Å². The van der Waals surface area contributed by atoms with Crippen molar-refractivity contribution >= 4 is 49.2 Å². The summed E-state index contributed by atoms with van der Waals surface area (Å²) in [5.74, 6) is 0. The van der Waals surface area contributed by atoms with E-state index in [1.54, 1.807) is 0 Å². The summed E-state index contributed by atoms with van der Waals surface area (Å²) in [7, 11) is -2.03. The van der Waals surface area contributed by atoms with Gasteiger partial charge in [0.05, 0.1) is 0 Å². The molecule has 0 saturated heterocycles. The van der Waals surface area contributed by atoms with E-state index in [1.165, 1.54) is 0 Å². The molecule has 0 aromatic heterocycles. The van der Waals surface area contributed by atoms with Crippen molar-refractivity contribution in [3.05, 3.63) is 0 Å². The molecule has 7 heteroatoms. The zero-order chi connectivity index (χ0) is 4.50. The molecule has 0 saturated carbocycles. The van der Waals surface area contributed by atoms with Gasteiger partial charge in [-0.15, -0.1) is 0 Å². The van der Waals surface area contributed by atoms with Crippen LogP contribution in [0.1, 0.15) is 0 Å². The second-order valence-electron chi connectivity index (χ2n) is 0.429. The predicted molar refractivity (Wildman–Crippen MR) is 42.9 cm³/mol. The molecular formula is H4Br4HfO2. The van der Waals surface area contributed by atoms with E-state index in [2.05, 4.69) is 49.2 Å². The van der Waals surface area contributed by atoms with Crippen LogP contribution in [0, 0.1) is 0 Å². The Kier molecular flexibility index (Phi) is 16.0. The maximum atomic E-state index is 3.35. The number of rotatable bonds is 0. The Hall–Kier alpha value is 2.71. The first-order valence-corrected chi connectivity index (χ1v) is 32.2. The molecule has 0 fully saturated rings. The van der Waals surface area contributed by atoms with Gasteiger partial charge in [-0.25, -0.2) is 0 Å². The topological polar surface area (TPSA) is 63.0 Å². The molecule has 0 atom stereocenters. The Bertz CT molecular complexity index is 25.2. The summed E-state index contributed by atoms with van der Waals surface area (Å²) in [4.78, 5) is 0. The quantitative estimate of drug-likeness (QED) is 0.426. The SMILES string of the molecule is O.O.[Br][Hf]([Br])([Br])[Br]. The van der Waals surface area contributed by atoms with Crippen molar-refractivity contribution in [3.63, 3.8) is 0 Å². The molecule has 0 aromatic carbocycles. The molecule has 0 amide bonds. The fourth-order valence-electron chi connectivity index (χ4n) is 0. The second-order valence-corrected chi connectivity index (χ2v) is 94.7. The molecule has 0 unspecified atom stereocenters. The number of halogens is 4. The molecule has 0 aliphatic rings. The van der Waals surface area contributed by atoms with Gasteiger partial charge in [-0.05, 0) is 0 Å². The van der Waals surface area contributed by atoms with Gasteiger partial charge in [-0.1, -0.05) is 0 Å². The first-order chi connectivity index (χ1) is 2.00. The normalized spacial score (nSPS) is 8.57. The molecule has 0 aliphatic heterocycles. The summed E-state index contributed by atoms with van der Waals surface area (Å²) < 4.78 is 0. The third-order valence-corrected chi connectivity index (χ3v) is 0. The van der Waals surface area contributed by atoms with E-state index in [0.29, 0.717) is 0 Å². The van der Waals surface area contributed by atoms with Crippen molar-refractivity contribution in [2.45, 2.75) is 0 Å². The van der Waals surface area contributed by atoms with E-state index < -0.39 is 10.7 Å². The van der Waals surface area contributed by atoms with Crippen LogP contribution in [0.2, 0.25) is 0 Å². The van der Waals surface area contributed by atoms with E-state index in [0.717, 1.165) is 0 Å². The Balaban J connectivity index is -0.0000000800. The number of hydrogen-bond donors (Lipinski definition) is 0. The minimum absolute atomic E-state index is 0. The van der Waals surface area contributed by atoms with Crippen molar-refractivity contribution in [2.24, 2.45) is 0 Å². The minimum atomic E-state index is -2.03. The Morgan fingerprint density at radius 2 is 0.714 bits per heavy atom. The monoisotopic (exact) mass is 532 g/mol. The molecule has 48 valence electrons. The van der Waals surface area contributed by atoms with Gasteiger partial charge in [0.2, 0.25) is 0 Å². The molecule has 2 nitrogen and oxygen atoms in total. The van der Waals surface area contributed by atoms with Gasteiger partial charge in [-0.3, -0.25) is 0 Å². The summed E-state index contributed by atoms with van der Waals surface area (Å²) in [6, 6.07) is 0. The average molecular weight is 534 g/mol. The van der Waals surface area contributed by atoms with Gasteiger partial charge >= 0.3 is 59.8 Å². The average Bonchev–Trinajstić information content (AvgIpc) is 0.722. The third-order valence-electron chi connectivity index (χ3n) is 0. The Morgan fingerprint density at radius 3 is 0.714 bits per heavy atom. The summed E-state index contributed by atoms with van der Waals surface area (Å²) in [6.45, 7) is 0. The summed E-state index contributed by atoms with van der Waals surface area (Å²) in [5, 5.41) is 0. The van der Waals surface area contributed by atoms with Crippen LogP contribution < -0.4 is 0 Å². The molecule has 0 heterocycles. The van der Waals surface area contributed by atoms with E-state index in [9.17, 15) is 0 Å². The van der Waals surface area contributed by atoms with Crippen LogP contribution in [0.15, 0.2) is 0 Å². The van der Waals surface area contributed by atoms with Crippen LogP contribution in [0.3, 0.4) is 0 Å². The van der Waals surface area contributed by atoms with Gasteiger partial charge in [0, 0.05) is 0 Å². The summed E-state index contributed by atoms with van der Waals surface area (Å²) in [5.41, 5.74) is 0. The van der Waals surface area contributed by atoms with Gasteiger partial charge < -0.3 is 11.0 Å². The third kappa shape index (κ3) is 53.4. The van der Waals surface area contributed by atoms with Crippen molar-refractivity contribution in [2.75, 3.05) is 0 Å². The molecule has 0 bridgehead atoms. The summed E-state index contributed by atoms with van der Waals surface area (Å²) >= 11 is 13.4. The number of hydrogen-bond acceptors (Lipinski definition) is 0. The molecule has 0 aliphatic carbocycles. The summed E-state index contributed by atoms with van der Waals surface area (Å²) in [6.07, 6.45) is 0. The van der Waals surface area contributed by atoms with Crippen molar-refractivity contribution < 1.29 is 21.6 Å². The molecule has 0 aromatic rings. The fourth-order valence-corrected chi connectivity index (χ4v) is 0. The molecule has 4 N–H and O–H groups in total. The van der Waals surface area contributed by atoms with E-state index in [-0.39, 0.29) is 11.0 Å². The van der Waals surface area contributed by atoms with Gasteiger partial charge in [-0.2, -0.15) is 0 Å². The molecule has 0 radical (unpaired) electrons. The first kappa shape index (κ1) is 16.4. The van der Waals surface area contributed by atoms with Crippen molar-refractivity contribution in [3.8, 4) is 0 Å². The standard InChI is InChI=1S/4BrH.Hf.2H2O/h4*1H;;2*1H2/q;;;;+4;;/p-4. The fraction of sp³-hybridized carbons (Fsp3) is 0. The van der Waals surface area contributed by atoms with Gasteiger partial charge in [0.25, 0.3) is 0 Å². The molecule has 7 heavy (non-hydrogen) atoms. The zero-order valence-electron chi connectivity index (χ0n) is 3.01. The van der Waals surface area contributed by atoms with E-state index >= 15 is 0 Å².